The van der Waals surface area contributed by atoms with Crippen molar-refractivity contribution in [2.24, 2.45) is 4.99 Å². The van der Waals surface area contributed by atoms with E-state index in [1.54, 1.807) is 7.11 Å². The number of carbonyl (C=O) groups is 1. The molecule has 1 aliphatic heterocycles. The van der Waals surface area contributed by atoms with E-state index in [4.69, 9.17) is 4.74 Å². The summed E-state index contributed by atoms with van der Waals surface area (Å²) in [4.78, 5) is 17.4. The lowest BCUT2D eigenvalue weighted by Gasteiger charge is -2.03. The molecule has 1 N–H and O–H groups in total. The highest BCUT2D eigenvalue weighted by molar-refractivity contribution is 8.18. The van der Waals surface area contributed by atoms with Crippen molar-refractivity contribution in [2.45, 2.75) is 13.8 Å². The second kappa shape index (κ2) is 6.93. The average Bonchev–Trinajstić information content (AvgIpc) is 2.90. The maximum absolute atomic E-state index is 12.2. The number of ether oxygens (including phenoxy) is 1. The monoisotopic (exact) mass is 338 g/mol. The second-order valence-corrected chi connectivity index (χ2v) is 6.54. The fourth-order valence-corrected chi connectivity index (χ4v) is 3.27. The number of nitrogens with one attached hydrogen (secondary N) is 1. The Labute approximate surface area is 145 Å². The van der Waals surface area contributed by atoms with Crippen molar-refractivity contribution in [2.75, 3.05) is 7.11 Å². The molecule has 1 saturated heterocycles. The van der Waals surface area contributed by atoms with Gasteiger partial charge in [0.05, 0.1) is 17.7 Å². The van der Waals surface area contributed by atoms with Gasteiger partial charge in [-0.3, -0.25) is 4.79 Å². The maximum Gasteiger partial charge on any atom is 0.264 e. The molecule has 24 heavy (non-hydrogen) atoms. The van der Waals surface area contributed by atoms with Crippen LogP contribution < -0.4 is 10.1 Å². The first-order valence-corrected chi connectivity index (χ1v) is 8.38. The average molecular weight is 338 g/mol. The van der Waals surface area contributed by atoms with Gasteiger partial charge in [-0.25, -0.2) is 4.99 Å². The van der Waals surface area contributed by atoms with Crippen LogP contribution in [0.5, 0.6) is 5.75 Å². The smallest absolute Gasteiger partial charge is 0.264 e. The second-order valence-electron chi connectivity index (χ2n) is 5.51. The molecule has 0 aromatic heterocycles. The van der Waals surface area contributed by atoms with E-state index in [1.807, 2.05) is 56.3 Å². The van der Waals surface area contributed by atoms with Gasteiger partial charge in [0.25, 0.3) is 5.91 Å². The van der Waals surface area contributed by atoms with Gasteiger partial charge in [-0.05, 0) is 49.4 Å². The number of aryl methyl sites for hydroxylation is 2. The fourth-order valence-electron chi connectivity index (χ4n) is 2.45. The molecule has 4 nitrogen and oxygen atoms in total. The third kappa shape index (κ3) is 3.51. The Hall–Kier alpha value is -2.53. The Kier molecular flexibility index (Phi) is 4.71. The number of amides is 1. The first-order chi connectivity index (χ1) is 11.6. The molecule has 1 heterocycles. The highest BCUT2D eigenvalue weighted by Crippen LogP contribution is 2.31. The predicted molar refractivity (Wildman–Crippen MR) is 99.7 cm³/mol. The van der Waals surface area contributed by atoms with Crippen molar-refractivity contribution < 1.29 is 9.53 Å². The molecule has 1 aliphatic rings. The standard InChI is InChI=1S/C19H18N2O2S/c1-12-8-9-15(13(2)10-12)20-19-21-18(22)17(24-19)11-14-6-4-5-7-16(14)23-3/h4-11H,1-3H3,(H,20,21,22)/b17-11+. The number of rotatable bonds is 3. The number of thioether (sulfide) groups is 1. The van der Waals surface area contributed by atoms with E-state index in [2.05, 4.69) is 16.4 Å². The Balaban J connectivity index is 1.88. The molecule has 0 aliphatic carbocycles. The summed E-state index contributed by atoms with van der Waals surface area (Å²) in [5, 5.41) is 3.41. The molecule has 2 aromatic rings. The van der Waals surface area contributed by atoms with E-state index in [0.29, 0.717) is 10.1 Å². The summed E-state index contributed by atoms with van der Waals surface area (Å²) in [6.07, 6.45) is 1.82. The molecular weight excluding hydrogens is 320 g/mol. The fraction of sp³-hybridized carbons (Fsp3) is 0.158. The van der Waals surface area contributed by atoms with Crippen LogP contribution in [0.3, 0.4) is 0 Å². The highest BCUT2D eigenvalue weighted by atomic mass is 32.2. The van der Waals surface area contributed by atoms with Gasteiger partial charge in [0.1, 0.15) is 5.75 Å². The molecule has 1 amide bonds. The SMILES string of the molecule is COc1ccccc1/C=C1/SC(=Nc2ccc(C)cc2C)NC1=O. The summed E-state index contributed by atoms with van der Waals surface area (Å²) in [5.41, 5.74) is 4.00. The zero-order valence-corrected chi connectivity index (χ0v) is 14.6. The van der Waals surface area contributed by atoms with Gasteiger partial charge in [0, 0.05) is 5.56 Å². The lowest BCUT2D eigenvalue weighted by molar-refractivity contribution is -0.115. The Bertz CT molecular complexity index is 856. The van der Waals surface area contributed by atoms with Crippen molar-refractivity contribution in [3.63, 3.8) is 0 Å². The van der Waals surface area contributed by atoms with Crippen LogP contribution in [0.25, 0.3) is 6.08 Å². The largest absolute Gasteiger partial charge is 0.496 e. The Morgan fingerprint density at radius 3 is 2.71 bits per heavy atom. The number of aliphatic imine (C=N–C) groups is 1. The molecule has 0 unspecified atom stereocenters. The van der Waals surface area contributed by atoms with Crippen molar-refractivity contribution in [3.8, 4) is 5.75 Å². The van der Waals surface area contributed by atoms with Gasteiger partial charge >= 0.3 is 0 Å². The zero-order chi connectivity index (χ0) is 17.1. The van der Waals surface area contributed by atoms with Crippen molar-refractivity contribution in [1.29, 1.82) is 0 Å². The van der Waals surface area contributed by atoms with Crippen molar-refractivity contribution in [1.82, 2.24) is 5.32 Å². The van der Waals surface area contributed by atoms with Crippen LogP contribution in [0.2, 0.25) is 0 Å². The van der Waals surface area contributed by atoms with Crippen LogP contribution in [0.15, 0.2) is 52.4 Å². The van der Waals surface area contributed by atoms with E-state index < -0.39 is 0 Å². The third-order valence-corrected chi connectivity index (χ3v) is 4.56. The molecule has 5 heteroatoms. The van der Waals surface area contributed by atoms with E-state index in [1.165, 1.54) is 17.3 Å². The minimum absolute atomic E-state index is 0.144. The summed E-state index contributed by atoms with van der Waals surface area (Å²) in [6, 6.07) is 13.7. The van der Waals surface area contributed by atoms with Crippen LogP contribution in [0, 0.1) is 13.8 Å². The van der Waals surface area contributed by atoms with E-state index in [9.17, 15) is 4.79 Å². The Morgan fingerprint density at radius 2 is 1.96 bits per heavy atom. The number of hydrogen-bond acceptors (Lipinski definition) is 4. The van der Waals surface area contributed by atoms with Gasteiger partial charge in [0.2, 0.25) is 0 Å². The minimum atomic E-state index is -0.144. The van der Waals surface area contributed by atoms with Gasteiger partial charge in [-0.15, -0.1) is 0 Å². The molecule has 1 fully saturated rings. The molecule has 3 rings (SSSR count). The van der Waals surface area contributed by atoms with Gasteiger partial charge in [0.15, 0.2) is 5.17 Å². The lowest BCUT2D eigenvalue weighted by atomic mass is 10.1. The molecule has 0 bridgehead atoms. The van der Waals surface area contributed by atoms with Crippen LogP contribution in [0.4, 0.5) is 5.69 Å². The minimum Gasteiger partial charge on any atom is -0.496 e. The number of carbonyl (C=O) groups excluding carboxylic acids is 1. The van der Waals surface area contributed by atoms with Gasteiger partial charge in [-0.2, -0.15) is 0 Å². The molecular formula is C19H18N2O2S. The summed E-state index contributed by atoms with van der Waals surface area (Å²) >= 11 is 1.34. The molecule has 2 aromatic carbocycles. The molecule has 0 spiro atoms. The first-order valence-electron chi connectivity index (χ1n) is 7.56. The summed E-state index contributed by atoms with van der Waals surface area (Å²) in [5.74, 6) is 0.590. The quantitative estimate of drug-likeness (QED) is 0.853. The number of nitrogens with zero attached hydrogens (tertiary/aromatic N) is 1. The van der Waals surface area contributed by atoms with Crippen LogP contribution in [0.1, 0.15) is 16.7 Å². The molecule has 122 valence electrons. The normalized spacial score (nSPS) is 17.4. The summed E-state index contributed by atoms with van der Waals surface area (Å²) < 4.78 is 5.32. The van der Waals surface area contributed by atoms with E-state index in [0.717, 1.165) is 22.6 Å². The van der Waals surface area contributed by atoms with Gasteiger partial charge in [-0.1, -0.05) is 35.9 Å². The van der Waals surface area contributed by atoms with Crippen molar-refractivity contribution in [3.05, 3.63) is 64.1 Å². The number of para-hydroxylation sites is 1. The lowest BCUT2D eigenvalue weighted by Crippen LogP contribution is -2.19. The number of methoxy groups -OCH3 is 1. The van der Waals surface area contributed by atoms with E-state index in [-0.39, 0.29) is 5.91 Å². The zero-order valence-electron chi connectivity index (χ0n) is 13.8. The Morgan fingerprint density at radius 1 is 1.17 bits per heavy atom. The van der Waals surface area contributed by atoms with Crippen LogP contribution >= 0.6 is 11.8 Å². The highest BCUT2D eigenvalue weighted by Gasteiger charge is 2.24. The topological polar surface area (TPSA) is 50.7 Å². The number of amidine groups is 1. The van der Waals surface area contributed by atoms with E-state index >= 15 is 0 Å². The predicted octanol–water partition coefficient (Wildman–Crippen LogP) is 4.20. The summed E-state index contributed by atoms with van der Waals surface area (Å²) in [7, 11) is 1.62. The van der Waals surface area contributed by atoms with Gasteiger partial charge < -0.3 is 10.1 Å². The third-order valence-electron chi connectivity index (χ3n) is 3.65. The van der Waals surface area contributed by atoms with Crippen LogP contribution in [-0.4, -0.2) is 18.2 Å². The molecule has 0 radical (unpaired) electrons. The number of benzene rings is 2. The molecule has 0 saturated carbocycles. The summed E-state index contributed by atoms with van der Waals surface area (Å²) in [6.45, 7) is 4.06. The molecule has 0 atom stereocenters. The van der Waals surface area contributed by atoms with Crippen molar-refractivity contribution >= 4 is 34.6 Å². The maximum atomic E-state index is 12.2. The van der Waals surface area contributed by atoms with Crippen LogP contribution in [-0.2, 0) is 4.79 Å². The first kappa shape index (κ1) is 16.3. The number of hydrogen-bond donors (Lipinski definition) is 1.